The lowest BCUT2D eigenvalue weighted by Gasteiger charge is -2.32. The number of rotatable bonds is 6. The van der Waals surface area contributed by atoms with Crippen molar-refractivity contribution in [2.45, 2.75) is 59.2 Å². The molecule has 1 aromatic rings. The number of carbonyl (C=O) groups is 1. The van der Waals surface area contributed by atoms with E-state index in [0.29, 0.717) is 18.6 Å². The molecule has 0 saturated heterocycles. The van der Waals surface area contributed by atoms with E-state index in [4.69, 9.17) is 4.74 Å². The predicted molar refractivity (Wildman–Crippen MR) is 97.3 cm³/mol. The molecule has 0 bridgehead atoms. The van der Waals surface area contributed by atoms with Gasteiger partial charge in [0.05, 0.1) is 19.7 Å². The van der Waals surface area contributed by atoms with E-state index < -0.39 is 0 Å². The lowest BCUT2D eigenvalue weighted by atomic mass is 10.0. The summed E-state index contributed by atoms with van der Waals surface area (Å²) in [4.78, 5) is 15.1. The SMILES string of the molecule is COc1ccccc1C1CC(C)=NN1C(=O)CN(C(C)C)C(C)C. The Labute approximate surface area is 145 Å². The normalized spacial score (nSPS) is 17.8. The van der Waals surface area contributed by atoms with Crippen LogP contribution in [-0.4, -0.2) is 47.3 Å². The zero-order valence-electron chi connectivity index (χ0n) is 15.6. The van der Waals surface area contributed by atoms with Gasteiger partial charge in [-0.05, 0) is 40.7 Å². The first-order valence-corrected chi connectivity index (χ1v) is 8.60. The maximum atomic E-state index is 12.9. The summed E-state index contributed by atoms with van der Waals surface area (Å²) < 4.78 is 5.48. The van der Waals surface area contributed by atoms with E-state index >= 15 is 0 Å². The van der Waals surface area contributed by atoms with Crippen molar-refractivity contribution in [2.24, 2.45) is 5.10 Å². The Morgan fingerprint density at radius 2 is 1.92 bits per heavy atom. The van der Waals surface area contributed by atoms with Gasteiger partial charge in [0.2, 0.25) is 0 Å². The van der Waals surface area contributed by atoms with Crippen LogP contribution >= 0.6 is 0 Å². The smallest absolute Gasteiger partial charge is 0.257 e. The third-order valence-electron chi connectivity index (χ3n) is 4.46. The summed E-state index contributed by atoms with van der Waals surface area (Å²) in [7, 11) is 1.66. The largest absolute Gasteiger partial charge is 0.496 e. The van der Waals surface area contributed by atoms with Crippen molar-refractivity contribution in [1.82, 2.24) is 9.91 Å². The molecule has 1 aromatic carbocycles. The zero-order chi connectivity index (χ0) is 17.9. The van der Waals surface area contributed by atoms with Gasteiger partial charge in [-0.2, -0.15) is 5.10 Å². The summed E-state index contributed by atoms with van der Waals surface area (Å²) in [6, 6.07) is 8.40. The molecular weight excluding hydrogens is 302 g/mol. The van der Waals surface area contributed by atoms with Crippen molar-refractivity contribution in [1.29, 1.82) is 0 Å². The van der Waals surface area contributed by atoms with Gasteiger partial charge in [-0.3, -0.25) is 9.69 Å². The van der Waals surface area contributed by atoms with Crippen LogP contribution < -0.4 is 4.74 Å². The number of benzene rings is 1. The second-order valence-electron chi connectivity index (χ2n) is 6.90. The average Bonchev–Trinajstić information content (AvgIpc) is 2.93. The number of carbonyl (C=O) groups excluding carboxylic acids is 1. The van der Waals surface area contributed by atoms with Gasteiger partial charge in [-0.1, -0.05) is 18.2 Å². The highest BCUT2D eigenvalue weighted by Crippen LogP contribution is 2.36. The standard InChI is InChI=1S/C19H29N3O2/c1-13(2)21(14(3)4)12-19(23)22-17(11-15(5)20-22)16-9-7-8-10-18(16)24-6/h7-10,13-14,17H,11-12H2,1-6H3. The average molecular weight is 331 g/mol. The highest BCUT2D eigenvalue weighted by Gasteiger charge is 2.33. The van der Waals surface area contributed by atoms with Crippen LogP contribution in [0.2, 0.25) is 0 Å². The van der Waals surface area contributed by atoms with E-state index in [1.807, 2.05) is 31.2 Å². The summed E-state index contributed by atoms with van der Waals surface area (Å²) in [5.74, 6) is 0.833. The molecule has 1 amide bonds. The van der Waals surface area contributed by atoms with E-state index in [-0.39, 0.29) is 11.9 Å². The summed E-state index contributed by atoms with van der Waals surface area (Å²) in [5, 5.41) is 6.16. The number of hydrazone groups is 1. The molecule has 5 nitrogen and oxygen atoms in total. The van der Waals surface area contributed by atoms with E-state index in [1.54, 1.807) is 12.1 Å². The predicted octanol–water partition coefficient (Wildman–Crippen LogP) is 3.46. The summed E-state index contributed by atoms with van der Waals surface area (Å²) in [6.45, 7) is 10.8. The summed E-state index contributed by atoms with van der Waals surface area (Å²) in [5.41, 5.74) is 1.98. The molecule has 1 aliphatic heterocycles. The molecule has 0 radical (unpaired) electrons. The van der Waals surface area contributed by atoms with Gasteiger partial charge in [0.1, 0.15) is 5.75 Å². The Bertz CT molecular complexity index is 602. The highest BCUT2D eigenvalue weighted by atomic mass is 16.5. The Morgan fingerprint density at radius 1 is 1.29 bits per heavy atom. The number of nitrogens with zero attached hydrogens (tertiary/aromatic N) is 3. The zero-order valence-corrected chi connectivity index (χ0v) is 15.6. The first kappa shape index (κ1) is 18.5. The van der Waals surface area contributed by atoms with Gasteiger partial charge in [-0.15, -0.1) is 0 Å². The molecule has 0 aliphatic carbocycles. The van der Waals surface area contributed by atoms with Crippen LogP contribution in [0.15, 0.2) is 29.4 Å². The molecule has 1 aliphatic rings. The Balaban J connectivity index is 2.24. The van der Waals surface area contributed by atoms with Gasteiger partial charge >= 0.3 is 0 Å². The van der Waals surface area contributed by atoms with Crippen molar-refractivity contribution >= 4 is 11.6 Å². The van der Waals surface area contributed by atoms with Crippen LogP contribution in [0.25, 0.3) is 0 Å². The van der Waals surface area contributed by atoms with E-state index in [1.165, 1.54) is 0 Å². The summed E-state index contributed by atoms with van der Waals surface area (Å²) >= 11 is 0. The fourth-order valence-corrected chi connectivity index (χ4v) is 3.26. The van der Waals surface area contributed by atoms with Gasteiger partial charge in [-0.25, -0.2) is 5.01 Å². The van der Waals surface area contributed by atoms with Crippen molar-refractivity contribution in [3.8, 4) is 5.75 Å². The van der Waals surface area contributed by atoms with Crippen LogP contribution in [0.3, 0.4) is 0 Å². The Morgan fingerprint density at radius 3 is 2.50 bits per heavy atom. The third kappa shape index (κ3) is 3.96. The number of para-hydroxylation sites is 1. The second-order valence-corrected chi connectivity index (χ2v) is 6.90. The molecule has 132 valence electrons. The monoisotopic (exact) mass is 331 g/mol. The molecule has 1 unspecified atom stereocenters. The fourth-order valence-electron chi connectivity index (χ4n) is 3.26. The van der Waals surface area contributed by atoms with Gasteiger partial charge in [0, 0.05) is 29.8 Å². The third-order valence-corrected chi connectivity index (χ3v) is 4.46. The molecule has 1 atom stereocenters. The van der Waals surface area contributed by atoms with Crippen LogP contribution in [0, 0.1) is 0 Å². The maximum Gasteiger partial charge on any atom is 0.257 e. The fraction of sp³-hybridized carbons (Fsp3) is 0.579. The van der Waals surface area contributed by atoms with E-state index in [9.17, 15) is 4.79 Å². The van der Waals surface area contributed by atoms with Gasteiger partial charge in [0.15, 0.2) is 0 Å². The summed E-state index contributed by atoms with van der Waals surface area (Å²) in [6.07, 6.45) is 0.746. The number of methoxy groups -OCH3 is 1. The first-order chi connectivity index (χ1) is 11.3. The number of hydrogen-bond acceptors (Lipinski definition) is 4. The highest BCUT2D eigenvalue weighted by molar-refractivity contribution is 5.89. The second kappa shape index (κ2) is 7.79. The molecule has 1 heterocycles. The molecule has 0 fully saturated rings. The quantitative estimate of drug-likeness (QED) is 0.802. The maximum absolute atomic E-state index is 12.9. The minimum absolute atomic E-state index is 0.0326. The first-order valence-electron chi connectivity index (χ1n) is 8.60. The van der Waals surface area contributed by atoms with Crippen LogP contribution in [0.4, 0.5) is 0 Å². The molecule has 2 rings (SSSR count). The van der Waals surface area contributed by atoms with E-state index in [0.717, 1.165) is 23.4 Å². The molecule has 5 heteroatoms. The lowest BCUT2D eigenvalue weighted by Crippen LogP contribution is -2.44. The molecule has 0 saturated carbocycles. The lowest BCUT2D eigenvalue weighted by molar-refractivity contribution is -0.135. The van der Waals surface area contributed by atoms with Gasteiger partial charge < -0.3 is 4.74 Å². The molecule has 0 N–H and O–H groups in total. The topological polar surface area (TPSA) is 45.1 Å². The van der Waals surface area contributed by atoms with Crippen LogP contribution in [-0.2, 0) is 4.79 Å². The van der Waals surface area contributed by atoms with Crippen molar-refractivity contribution in [2.75, 3.05) is 13.7 Å². The van der Waals surface area contributed by atoms with Crippen molar-refractivity contribution in [3.05, 3.63) is 29.8 Å². The minimum atomic E-state index is -0.0881. The van der Waals surface area contributed by atoms with Crippen molar-refractivity contribution in [3.63, 3.8) is 0 Å². The van der Waals surface area contributed by atoms with Crippen molar-refractivity contribution < 1.29 is 9.53 Å². The van der Waals surface area contributed by atoms with E-state index in [2.05, 4.69) is 37.7 Å². The van der Waals surface area contributed by atoms with Crippen LogP contribution in [0.1, 0.15) is 52.6 Å². The van der Waals surface area contributed by atoms with Crippen LogP contribution in [0.5, 0.6) is 5.75 Å². The van der Waals surface area contributed by atoms with Gasteiger partial charge in [0.25, 0.3) is 5.91 Å². The Kier molecular flexibility index (Phi) is 5.99. The number of amides is 1. The number of ether oxygens (including phenoxy) is 1. The Hall–Kier alpha value is -1.88. The molecule has 24 heavy (non-hydrogen) atoms. The minimum Gasteiger partial charge on any atom is -0.496 e. The number of hydrogen-bond donors (Lipinski definition) is 0. The molecule has 0 aromatic heterocycles. The molecular formula is C19H29N3O2. The molecule has 0 spiro atoms.